The molecule has 38 heavy (non-hydrogen) atoms. The number of aliphatic hydroxyl groups excluding tert-OH is 1. The van der Waals surface area contributed by atoms with E-state index in [0.717, 1.165) is 12.0 Å². The number of nitrogens with one attached hydrogen (secondary N) is 2. The van der Waals surface area contributed by atoms with Gasteiger partial charge in [0.15, 0.2) is 0 Å². The molecule has 1 aromatic carbocycles. The molecule has 0 radical (unpaired) electrons. The van der Waals surface area contributed by atoms with Crippen LogP contribution in [-0.4, -0.2) is 68.5 Å². The van der Waals surface area contributed by atoms with Crippen molar-refractivity contribution in [3.05, 3.63) is 35.9 Å². The number of halogens is 1. The summed E-state index contributed by atoms with van der Waals surface area (Å²) in [5.74, 6) is -2.37. The molecule has 9 heteroatoms. The molecule has 1 spiro atoms. The number of nitrogens with zero attached hydrogens (tertiary/aromatic N) is 1. The fourth-order valence-electron chi connectivity index (χ4n) is 7.15. The lowest BCUT2D eigenvalue weighted by Gasteiger charge is -2.40. The van der Waals surface area contributed by atoms with Crippen LogP contribution in [0.3, 0.4) is 0 Å². The molecule has 3 heterocycles. The fraction of sp³-hybridized carbons (Fsp3) is 0.690. The summed E-state index contributed by atoms with van der Waals surface area (Å²) in [5.41, 5.74) is -0.740. The van der Waals surface area contributed by atoms with Gasteiger partial charge >= 0.3 is 0 Å². The molecule has 3 aliphatic rings. The molecule has 0 aliphatic carbocycles. The van der Waals surface area contributed by atoms with Crippen molar-refractivity contribution in [1.29, 1.82) is 0 Å². The third-order valence-electron chi connectivity index (χ3n) is 8.10. The average molecular weight is 593 g/mol. The molecule has 210 valence electrons. The van der Waals surface area contributed by atoms with Gasteiger partial charge < -0.3 is 25.4 Å². The minimum Gasteiger partial charge on any atom is -0.394 e. The minimum atomic E-state index is -1.14. The highest BCUT2D eigenvalue weighted by Gasteiger charge is 2.77. The van der Waals surface area contributed by atoms with Gasteiger partial charge in [0.2, 0.25) is 17.7 Å². The smallest absolute Gasteiger partial charge is 0.246 e. The number of hydrogen-bond donors (Lipinski definition) is 3. The second-order valence-electron chi connectivity index (χ2n) is 13.0. The summed E-state index contributed by atoms with van der Waals surface area (Å²) >= 11 is 3.70. The number of alkyl halides is 1. The average Bonchev–Trinajstić information content (AvgIpc) is 3.41. The molecule has 2 bridgehead atoms. The molecular formula is C29H42BrN3O5. The minimum absolute atomic E-state index is 0.0228. The van der Waals surface area contributed by atoms with Crippen LogP contribution in [0, 0.1) is 17.3 Å². The Morgan fingerprint density at radius 3 is 2.42 bits per heavy atom. The monoisotopic (exact) mass is 591 g/mol. The van der Waals surface area contributed by atoms with Crippen LogP contribution in [0.2, 0.25) is 0 Å². The molecule has 3 unspecified atom stereocenters. The highest BCUT2D eigenvalue weighted by molar-refractivity contribution is 9.09. The Bertz CT molecular complexity index is 1050. The SMILES string of the molecule is CC[C@@H](CO)N1C(=O)[C@@H]2[C@@H](C(=O)NCc3ccccc3)[C@@H]3OC2(CC3Br)C1C(=O)NC(C)(C)CC(C)(C)C. The molecule has 3 saturated heterocycles. The lowest BCUT2D eigenvalue weighted by atomic mass is 9.70. The van der Waals surface area contributed by atoms with Crippen LogP contribution in [0.4, 0.5) is 0 Å². The summed E-state index contributed by atoms with van der Waals surface area (Å²) in [6, 6.07) is 8.12. The number of aliphatic hydroxyl groups is 1. The first-order chi connectivity index (χ1) is 17.7. The summed E-state index contributed by atoms with van der Waals surface area (Å²) in [7, 11) is 0. The molecule has 3 amide bonds. The number of likely N-dealkylation sites (tertiary alicyclic amines) is 1. The van der Waals surface area contributed by atoms with E-state index >= 15 is 0 Å². The van der Waals surface area contributed by atoms with E-state index in [0.29, 0.717) is 19.4 Å². The predicted octanol–water partition coefficient (Wildman–Crippen LogP) is 3.15. The lowest BCUT2D eigenvalue weighted by Crippen LogP contribution is -2.61. The number of ether oxygens (including phenoxy) is 1. The number of carbonyl (C=O) groups excluding carboxylic acids is 3. The maximum atomic E-state index is 14.1. The summed E-state index contributed by atoms with van der Waals surface area (Å²) in [6.45, 7) is 12.3. The van der Waals surface area contributed by atoms with Crippen LogP contribution in [0.15, 0.2) is 30.3 Å². The van der Waals surface area contributed by atoms with Gasteiger partial charge in [0.1, 0.15) is 11.6 Å². The van der Waals surface area contributed by atoms with Gasteiger partial charge in [0, 0.05) is 16.9 Å². The van der Waals surface area contributed by atoms with Gasteiger partial charge in [-0.1, -0.05) is 74.0 Å². The Balaban J connectivity index is 1.67. The Hall–Kier alpha value is -1.97. The maximum Gasteiger partial charge on any atom is 0.246 e. The summed E-state index contributed by atoms with van der Waals surface area (Å²) in [5, 5.41) is 16.4. The number of amides is 3. The van der Waals surface area contributed by atoms with Crippen LogP contribution in [0.1, 0.15) is 66.4 Å². The molecule has 3 aliphatic heterocycles. The van der Waals surface area contributed by atoms with E-state index in [1.807, 2.05) is 51.1 Å². The zero-order valence-corrected chi connectivity index (χ0v) is 24.9. The van der Waals surface area contributed by atoms with Gasteiger partial charge in [-0.15, -0.1) is 0 Å². The number of benzene rings is 1. The van der Waals surface area contributed by atoms with Crippen molar-refractivity contribution in [2.45, 2.75) is 102 Å². The van der Waals surface area contributed by atoms with Gasteiger partial charge in [-0.25, -0.2) is 0 Å². The number of carbonyl (C=O) groups is 3. The zero-order chi connectivity index (χ0) is 28.0. The Kier molecular flexibility index (Phi) is 8.05. The van der Waals surface area contributed by atoms with E-state index in [-0.39, 0.29) is 34.6 Å². The standard InChI is InChI=1S/C29H42BrN3O5/c1-7-18(15-34)33-23(25(36)32-28(5,6)16-27(2,3)4)29-13-19(30)22(38-29)20(21(29)26(33)37)24(35)31-14-17-11-9-8-10-12-17/h8-12,18-23,34H,7,13-16H2,1-6H3,(H,31,35)(H,32,36)/t18-,19?,20+,21-,22+,23?,29?/m0/s1. The van der Waals surface area contributed by atoms with Crippen LogP contribution in [-0.2, 0) is 25.7 Å². The van der Waals surface area contributed by atoms with Crippen molar-refractivity contribution in [3.8, 4) is 0 Å². The lowest BCUT2D eigenvalue weighted by molar-refractivity contribution is -0.146. The third-order valence-corrected chi connectivity index (χ3v) is 8.94. The van der Waals surface area contributed by atoms with Crippen molar-refractivity contribution >= 4 is 33.7 Å². The van der Waals surface area contributed by atoms with Crippen LogP contribution in [0.25, 0.3) is 0 Å². The van der Waals surface area contributed by atoms with Crippen LogP contribution in [0.5, 0.6) is 0 Å². The number of hydrogen-bond acceptors (Lipinski definition) is 5. The zero-order valence-electron chi connectivity index (χ0n) is 23.3. The molecule has 0 saturated carbocycles. The molecule has 8 nitrogen and oxygen atoms in total. The van der Waals surface area contributed by atoms with E-state index in [1.165, 1.54) is 4.90 Å². The summed E-state index contributed by atoms with van der Waals surface area (Å²) in [4.78, 5) is 43.1. The first-order valence-corrected chi connectivity index (χ1v) is 14.5. The van der Waals surface area contributed by atoms with Gasteiger partial charge in [0.05, 0.1) is 30.6 Å². The molecule has 7 atom stereocenters. The molecule has 0 aromatic heterocycles. The maximum absolute atomic E-state index is 14.1. The molecule has 3 N–H and O–H groups in total. The largest absolute Gasteiger partial charge is 0.394 e. The van der Waals surface area contributed by atoms with Crippen molar-refractivity contribution in [2.75, 3.05) is 6.61 Å². The normalized spacial score (nSPS) is 31.3. The number of fused-ring (bicyclic) bond motifs is 1. The van der Waals surface area contributed by atoms with E-state index in [9.17, 15) is 19.5 Å². The molecule has 4 rings (SSSR count). The van der Waals surface area contributed by atoms with Gasteiger partial charge in [-0.2, -0.15) is 0 Å². The second kappa shape index (κ2) is 10.5. The summed E-state index contributed by atoms with van der Waals surface area (Å²) in [6.07, 6.45) is 1.13. The summed E-state index contributed by atoms with van der Waals surface area (Å²) < 4.78 is 6.56. The van der Waals surface area contributed by atoms with Gasteiger partial charge in [0.25, 0.3) is 0 Å². The fourth-order valence-corrected chi connectivity index (χ4v) is 8.09. The quantitative estimate of drug-likeness (QED) is 0.382. The first-order valence-electron chi connectivity index (χ1n) is 13.6. The van der Waals surface area contributed by atoms with E-state index in [4.69, 9.17) is 4.74 Å². The Morgan fingerprint density at radius 2 is 1.84 bits per heavy atom. The highest BCUT2D eigenvalue weighted by atomic mass is 79.9. The molecular weight excluding hydrogens is 550 g/mol. The van der Waals surface area contributed by atoms with Crippen molar-refractivity contribution in [1.82, 2.24) is 15.5 Å². The van der Waals surface area contributed by atoms with E-state index in [1.54, 1.807) is 0 Å². The topological polar surface area (TPSA) is 108 Å². The van der Waals surface area contributed by atoms with Gasteiger partial charge in [-0.3, -0.25) is 14.4 Å². The van der Waals surface area contributed by atoms with Gasteiger partial charge in [-0.05, 0) is 44.1 Å². The third kappa shape index (κ3) is 5.26. The van der Waals surface area contributed by atoms with Crippen LogP contribution < -0.4 is 10.6 Å². The first kappa shape index (κ1) is 29.0. The van der Waals surface area contributed by atoms with E-state index in [2.05, 4.69) is 47.3 Å². The van der Waals surface area contributed by atoms with E-state index < -0.39 is 41.2 Å². The molecule has 3 fully saturated rings. The van der Waals surface area contributed by atoms with Crippen molar-refractivity contribution in [3.63, 3.8) is 0 Å². The van der Waals surface area contributed by atoms with Crippen molar-refractivity contribution in [2.24, 2.45) is 17.3 Å². The van der Waals surface area contributed by atoms with Crippen LogP contribution >= 0.6 is 15.9 Å². The predicted molar refractivity (Wildman–Crippen MR) is 148 cm³/mol. The Labute approximate surface area is 234 Å². The molecule has 1 aromatic rings. The number of rotatable bonds is 9. The van der Waals surface area contributed by atoms with Crippen molar-refractivity contribution < 1.29 is 24.2 Å². The highest BCUT2D eigenvalue weighted by Crippen LogP contribution is 2.60. The Morgan fingerprint density at radius 1 is 1.18 bits per heavy atom. The second-order valence-corrected chi connectivity index (χ2v) is 14.1.